The Hall–Kier alpha value is -1.59. The Balaban J connectivity index is 2.81. The van der Waals surface area contributed by atoms with E-state index < -0.39 is 12.0 Å². The van der Waals surface area contributed by atoms with Crippen LogP contribution in [0.4, 0.5) is 0 Å². The van der Waals surface area contributed by atoms with Crippen molar-refractivity contribution in [3.05, 3.63) is 28.8 Å². The monoisotopic (exact) mass is 252 g/mol. The van der Waals surface area contributed by atoms with Gasteiger partial charge in [0.2, 0.25) is 5.91 Å². The maximum atomic E-state index is 11.4. The van der Waals surface area contributed by atoms with Gasteiger partial charge in [-0.3, -0.25) is 4.79 Å². The molecule has 0 aliphatic carbocycles. The lowest BCUT2D eigenvalue weighted by Gasteiger charge is -2.15. The quantitative estimate of drug-likeness (QED) is 0.701. The van der Waals surface area contributed by atoms with Gasteiger partial charge >= 0.3 is 0 Å². The van der Waals surface area contributed by atoms with Crippen LogP contribution in [0.25, 0.3) is 0 Å². The van der Waals surface area contributed by atoms with E-state index in [0.717, 1.165) is 22.4 Å². The molecule has 1 atom stereocenters. The van der Waals surface area contributed by atoms with Crippen LogP contribution in [-0.4, -0.2) is 30.8 Å². The van der Waals surface area contributed by atoms with Crippen molar-refractivity contribution >= 4 is 5.91 Å². The number of aliphatic hydroxyl groups excluding tert-OH is 1. The summed E-state index contributed by atoms with van der Waals surface area (Å²) in [6.07, 6.45) is -1.17. The summed E-state index contributed by atoms with van der Waals surface area (Å²) >= 11 is 0. The Labute approximate surface area is 107 Å². The molecule has 0 aliphatic rings. The van der Waals surface area contributed by atoms with Gasteiger partial charge in [-0.25, -0.2) is 0 Å². The highest BCUT2D eigenvalue weighted by molar-refractivity contribution is 5.80. The number of carbonyl (C=O) groups excluding carboxylic acids is 1. The summed E-state index contributed by atoms with van der Waals surface area (Å²) in [5.74, 6) is 0.259. The molecule has 5 heteroatoms. The smallest absolute Gasteiger partial charge is 0.250 e. The number of hydrogen-bond donors (Lipinski definition) is 3. The molecule has 0 heterocycles. The zero-order chi connectivity index (χ0) is 13.7. The molecule has 0 fully saturated rings. The molecule has 5 nitrogen and oxygen atoms in total. The number of nitrogens with two attached hydrogens (primary N) is 1. The lowest BCUT2D eigenvalue weighted by Crippen LogP contribution is -2.38. The van der Waals surface area contributed by atoms with Gasteiger partial charge in [-0.05, 0) is 31.0 Å². The number of aryl methyl sites for hydroxylation is 2. The summed E-state index contributed by atoms with van der Waals surface area (Å²) < 4.78 is 5.29. The van der Waals surface area contributed by atoms with Crippen molar-refractivity contribution in [2.24, 2.45) is 5.73 Å². The standard InChI is InChI=1S/C13H20N2O3/c1-8-4-9(2)10(12(5-8)18-3)7-15-13(17)11(16)6-14/h4-5,11,16H,6-7,14H2,1-3H3,(H,15,17). The molecular weight excluding hydrogens is 232 g/mol. The third kappa shape index (κ3) is 3.45. The fraction of sp³-hybridized carbons (Fsp3) is 0.462. The van der Waals surface area contributed by atoms with Crippen LogP contribution in [0.1, 0.15) is 16.7 Å². The second-order valence-electron chi connectivity index (χ2n) is 4.23. The molecule has 0 spiro atoms. The van der Waals surface area contributed by atoms with E-state index in [1.165, 1.54) is 0 Å². The number of hydrogen-bond acceptors (Lipinski definition) is 4. The molecule has 4 N–H and O–H groups in total. The zero-order valence-electron chi connectivity index (χ0n) is 11.0. The van der Waals surface area contributed by atoms with Gasteiger partial charge in [0.15, 0.2) is 0 Å². The highest BCUT2D eigenvalue weighted by Crippen LogP contribution is 2.23. The summed E-state index contributed by atoms with van der Waals surface area (Å²) in [7, 11) is 1.59. The third-order valence-corrected chi connectivity index (χ3v) is 2.76. The highest BCUT2D eigenvalue weighted by Gasteiger charge is 2.14. The van der Waals surface area contributed by atoms with E-state index in [1.54, 1.807) is 7.11 Å². The number of rotatable bonds is 5. The Bertz CT molecular complexity index is 432. The first-order valence-corrected chi connectivity index (χ1v) is 5.79. The van der Waals surface area contributed by atoms with Crippen molar-refractivity contribution in [2.45, 2.75) is 26.5 Å². The second kappa shape index (κ2) is 6.37. The maximum absolute atomic E-state index is 11.4. The average molecular weight is 252 g/mol. The average Bonchev–Trinajstić information content (AvgIpc) is 2.35. The van der Waals surface area contributed by atoms with E-state index in [1.807, 2.05) is 26.0 Å². The molecular formula is C13H20N2O3. The summed E-state index contributed by atoms with van der Waals surface area (Å²) in [6.45, 7) is 4.16. The van der Waals surface area contributed by atoms with Crippen LogP contribution in [0.5, 0.6) is 5.75 Å². The first-order valence-electron chi connectivity index (χ1n) is 5.79. The Morgan fingerprint density at radius 1 is 1.50 bits per heavy atom. The normalized spacial score (nSPS) is 12.1. The van der Waals surface area contributed by atoms with E-state index in [2.05, 4.69) is 5.32 Å². The molecule has 0 radical (unpaired) electrons. The van der Waals surface area contributed by atoms with E-state index >= 15 is 0 Å². The predicted molar refractivity (Wildman–Crippen MR) is 69.4 cm³/mol. The topological polar surface area (TPSA) is 84.6 Å². The van der Waals surface area contributed by atoms with Crippen LogP contribution < -0.4 is 15.8 Å². The van der Waals surface area contributed by atoms with E-state index in [-0.39, 0.29) is 6.54 Å². The van der Waals surface area contributed by atoms with Crippen LogP contribution in [0.2, 0.25) is 0 Å². The molecule has 0 aliphatic heterocycles. The van der Waals surface area contributed by atoms with E-state index in [0.29, 0.717) is 6.54 Å². The van der Waals surface area contributed by atoms with Gasteiger partial charge in [0.25, 0.3) is 0 Å². The van der Waals surface area contributed by atoms with Crippen LogP contribution in [0.15, 0.2) is 12.1 Å². The molecule has 0 bridgehead atoms. The first-order chi connectivity index (χ1) is 8.49. The van der Waals surface area contributed by atoms with Crippen LogP contribution in [0.3, 0.4) is 0 Å². The molecule has 1 amide bonds. The number of methoxy groups -OCH3 is 1. The largest absolute Gasteiger partial charge is 0.496 e. The van der Waals surface area contributed by atoms with Gasteiger partial charge in [-0.2, -0.15) is 0 Å². The van der Waals surface area contributed by atoms with Gasteiger partial charge in [-0.1, -0.05) is 6.07 Å². The summed E-state index contributed by atoms with van der Waals surface area (Å²) in [6, 6.07) is 3.93. The van der Waals surface area contributed by atoms with Crippen molar-refractivity contribution in [1.29, 1.82) is 0 Å². The van der Waals surface area contributed by atoms with E-state index in [9.17, 15) is 9.90 Å². The fourth-order valence-corrected chi connectivity index (χ4v) is 1.77. The van der Waals surface area contributed by atoms with Gasteiger partial charge < -0.3 is 20.9 Å². The van der Waals surface area contributed by atoms with Gasteiger partial charge in [-0.15, -0.1) is 0 Å². The van der Waals surface area contributed by atoms with Crippen LogP contribution in [-0.2, 0) is 11.3 Å². The number of amides is 1. The van der Waals surface area contributed by atoms with Crippen LogP contribution >= 0.6 is 0 Å². The van der Waals surface area contributed by atoms with E-state index in [4.69, 9.17) is 10.5 Å². The SMILES string of the molecule is COc1cc(C)cc(C)c1CNC(=O)C(O)CN. The van der Waals surface area contributed by atoms with Crippen molar-refractivity contribution in [3.63, 3.8) is 0 Å². The Kier molecular flexibility index (Phi) is 5.12. The third-order valence-electron chi connectivity index (χ3n) is 2.76. The molecule has 1 aromatic rings. The molecule has 1 unspecified atom stereocenters. The van der Waals surface area contributed by atoms with Crippen molar-refractivity contribution < 1.29 is 14.6 Å². The highest BCUT2D eigenvalue weighted by atomic mass is 16.5. The number of carbonyl (C=O) groups is 1. The Morgan fingerprint density at radius 2 is 2.17 bits per heavy atom. The fourth-order valence-electron chi connectivity index (χ4n) is 1.77. The van der Waals surface area contributed by atoms with Gasteiger partial charge in [0.05, 0.1) is 7.11 Å². The van der Waals surface area contributed by atoms with Crippen molar-refractivity contribution in [2.75, 3.05) is 13.7 Å². The number of nitrogens with one attached hydrogen (secondary N) is 1. The lowest BCUT2D eigenvalue weighted by molar-refractivity contribution is -0.128. The van der Waals surface area contributed by atoms with Crippen molar-refractivity contribution in [1.82, 2.24) is 5.32 Å². The van der Waals surface area contributed by atoms with Crippen molar-refractivity contribution in [3.8, 4) is 5.75 Å². The number of aliphatic hydroxyl groups is 1. The first kappa shape index (κ1) is 14.5. The molecule has 0 aromatic heterocycles. The summed E-state index contributed by atoms with van der Waals surface area (Å²) in [5.41, 5.74) is 8.25. The summed E-state index contributed by atoms with van der Waals surface area (Å²) in [4.78, 5) is 11.4. The molecule has 18 heavy (non-hydrogen) atoms. The minimum atomic E-state index is -1.17. The molecule has 0 saturated carbocycles. The number of benzene rings is 1. The molecule has 0 saturated heterocycles. The minimum absolute atomic E-state index is 0.0875. The zero-order valence-corrected chi connectivity index (χ0v) is 11.0. The second-order valence-corrected chi connectivity index (χ2v) is 4.23. The predicted octanol–water partition coefficient (Wildman–Crippen LogP) is 0.248. The van der Waals surface area contributed by atoms with Gasteiger partial charge in [0, 0.05) is 18.7 Å². The minimum Gasteiger partial charge on any atom is -0.496 e. The summed E-state index contributed by atoms with van der Waals surface area (Å²) in [5, 5.41) is 11.9. The maximum Gasteiger partial charge on any atom is 0.250 e. The van der Waals surface area contributed by atoms with Gasteiger partial charge in [0.1, 0.15) is 11.9 Å². The van der Waals surface area contributed by atoms with Crippen LogP contribution in [0, 0.1) is 13.8 Å². The molecule has 1 rings (SSSR count). The molecule has 100 valence electrons. The number of ether oxygens (including phenoxy) is 1. The molecule has 1 aromatic carbocycles. The Morgan fingerprint density at radius 3 is 2.72 bits per heavy atom. The lowest BCUT2D eigenvalue weighted by atomic mass is 10.0.